The fourth-order valence-corrected chi connectivity index (χ4v) is 4.12. The molecule has 0 bridgehead atoms. The lowest BCUT2D eigenvalue weighted by Crippen LogP contribution is -2.26. The van der Waals surface area contributed by atoms with Crippen LogP contribution in [-0.2, 0) is 17.8 Å². The Balaban J connectivity index is 1.53. The van der Waals surface area contributed by atoms with E-state index in [1.54, 1.807) is 23.5 Å². The second-order valence-electron chi connectivity index (χ2n) is 6.27. The van der Waals surface area contributed by atoms with Gasteiger partial charge in [0.15, 0.2) is 0 Å². The average molecular weight is 399 g/mol. The summed E-state index contributed by atoms with van der Waals surface area (Å²) in [6.45, 7) is 0.329. The molecule has 0 atom stereocenters. The van der Waals surface area contributed by atoms with Crippen LogP contribution in [0.25, 0.3) is 15.6 Å². The Bertz CT molecular complexity index is 1010. The van der Waals surface area contributed by atoms with Gasteiger partial charge in [-0.05, 0) is 54.1 Å². The van der Waals surface area contributed by atoms with Crippen LogP contribution in [0.5, 0.6) is 0 Å². The number of carbonyl (C=O) groups is 1. The zero-order valence-corrected chi connectivity index (χ0v) is 15.9. The fraction of sp³-hybridized carbons (Fsp3) is 0.143. The van der Waals surface area contributed by atoms with E-state index in [4.69, 9.17) is 16.6 Å². The first-order valence-electron chi connectivity index (χ1n) is 8.57. The number of benzene rings is 1. The Morgan fingerprint density at radius 2 is 1.96 bits per heavy atom. The second-order valence-corrected chi connectivity index (χ2v) is 7.60. The highest BCUT2D eigenvalue weighted by molar-refractivity contribution is 7.13. The van der Waals surface area contributed by atoms with Crippen LogP contribution in [0.3, 0.4) is 0 Å². The zero-order valence-electron chi connectivity index (χ0n) is 14.3. The smallest absolute Gasteiger partial charge is 0.249 e. The van der Waals surface area contributed by atoms with E-state index < -0.39 is 0 Å². The summed E-state index contributed by atoms with van der Waals surface area (Å²) < 4.78 is 13.0. The van der Waals surface area contributed by atoms with Gasteiger partial charge in [-0.25, -0.2) is 4.39 Å². The quantitative estimate of drug-likeness (QED) is 0.659. The maximum Gasteiger partial charge on any atom is 0.249 e. The largest absolute Gasteiger partial charge is 0.348 e. The van der Waals surface area contributed by atoms with Gasteiger partial charge in [0, 0.05) is 17.7 Å². The molecule has 0 unspecified atom stereocenters. The lowest BCUT2D eigenvalue weighted by Gasteiger charge is -2.19. The van der Waals surface area contributed by atoms with Crippen LogP contribution in [0.4, 0.5) is 4.39 Å². The molecule has 0 radical (unpaired) electrons. The topological polar surface area (TPSA) is 42.0 Å². The van der Waals surface area contributed by atoms with E-state index in [1.165, 1.54) is 12.1 Å². The molecule has 1 aliphatic carbocycles. The Kier molecular flexibility index (Phi) is 5.05. The predicted octanol–water partition coefficient (Wildman–Crippen LogP) is 5.16. The highest BCUT2D eigenvalue weighted by Gasteiger charge is 2.23. The molecule has 6 heteroatoms. The van der Waals surface area contributed by atoms with E-state index in [1.807, 2.05) is 29.6 Å². The number of fused-ring (bicyclic) bond motifs is 1. The van der Waals surface area contributed by atoms with Crippen LogP contribution in [0.2, 0.25) is 0 Å². The van der Waals surface area contributed by atoms with Crippen molar-refractivity contribution >= 4 is 33.9 Å². The van der Waals surface area contributed by atoms with Crippen LogP contribution in [-0.4, -0.2) is 10.9 Å². The van der Waals surface area contributed by atoms with Gasteiger partial charge in [-0.1, -0.05) is 29.8 Å². The standard InChI is InChI=1S/C21H16ClFN2OS/c22-20-15-7-10-18(19-2-1-11-27-19)25-17(15)9-8-16(20)21(26)24-12-13-3-5-14(23)6-4-13/h1-7,10-11H,8-9,12H2,(H,24,26). The minimum atomic E-state index is -0.297. The molecule has 0 aliphatic heterocycles. The van der Waals surface area contributed by atoms with Gasteiger partial charge in [0.1, 0.15) is 5.82 Å². The Labute approximate surface area is 165 Å². The highest BCUT2D eigenvalue weighted by atomic mass is 35.5. The average Bonchev–Trinajstić information content (AvgIpc) is 3.22. The van der Waals surface area contributed by atoms with Gasteiger partial charge < -0.3 is 5.32 Å². The molecule has 1 aliphatic rings. The number of hydrogen-bond acceptors (Lipinski definition) is 3. The first-order valence-corrected chi connectivity index (χ1v) is 9.83. The molecule has 0 fully saturated rings. The van der Waals surface area contributed by atoms with Crippen LogP contribution >= 0.6 is 22.9 Å². The van der Waals surface area contributed by atoms with Gasteiger partial charge in [0.05, 0.1) is 21.3 Å². The van der Waals surface area contributed by atoms with Crippen molar-refractivity contribution in [1.29, 1.82) is 0 Å². The van der Waals surface area contributed by atoms with Gasteiger partial charge in [-0.3, -0.25) is 9.78 Å². The van der Waals surface area contributed by atoms with Crippen LogP contribution in [0.1, 0.15) is 23.2 Å². The maximum atomic E-state index is 13.0. The fourth-order valence-electron chi connectivity index (χ4n) is 3.07. The molecular formula is C21H16ClFN2OS. The van der Waals surface area contributed by atoms with E-state index in [-0.39, 0.29) is 11.7 Å². The molecule has 0 saturated heterocycles. The molecule has 1 aromatic carbocycles. The van der Waals surface area contributed by atoms with Crippen molar-refractivity contribution in [3.8, 4) is 10.6 Å². The molecule has 136 valence electrons. The number of amides is 1. The Morgan fingerprint density at radius 1 is 1.15 bits per heavy atom. The second kappa shape index (κ2) is 7.62. The summed E-state index contributed by atoms with van der Waals surface area (Å²) in [6, 6.07) is 14.0. The van der Waals surface area contributed by atoms with E-state index >= 15 is 0 Å². The number of thiophene rings is 1. The molecule has 0 spiro atoms. The summed E-state index contributed by atoms with van der Waals surface area (Å²) in [7, 11) is 0. The molecule has 0 saturated carbocycles. The SMILES string of the molecule is O=C(NCc1ccc(F)cc1)C1=C(Cl)c2ccc(-c3cccs3)nc2CC1. The lowest BCUT2D eigenvalue weighted by molar-refractivity contribution is -0.117. The zero-order chi connectivity index (χ0) is 18.8. The molecule has 27 heavy (non-hydrogen) atoms. The molecular weight excluding hydrogens is 383 g/mol. The summed E-state index contributed by atoms with van der Waals surface area (Å²) >= 11 is 8.16. The van der Waals surface area contributed by atoms with Crippen molar-refractivity contribution in [2.24, 2.45) is 0 Å². The summed E-state index contributed by atoms with van der Waals surface area (Å²) in [5.74, 6) is -0.494. The van der Waals surface area contributed by atoms with E-state index in [0.29, 0.717) is 30.0 Å². The van der Waals surface area contributed by atoms with Crippen molar-refractivity contribution in [2.45, 2.75) is 19.4 Å². The summed E-state index contributed by atoms with van der Waals surface area (Å²) in [5, 5.41) is 5.34. The molecule has 2 aromatic heterocycles. The van der Waals surface area contributed by atoms with Gasteiger partial charge in [-0.2, -0.15) is 0 Å². The summed E-state index contributed by atoms with van der Waals surface area (Å²) in [4.78, 5) is 18.4. The first kappa shape index (κ1) is 17.9. The lowest BCUT2D eigenvalue weighted by atomic mass is 9.94. The Hall–Kier alpha value is -2.50. The number of carbonyl (C=O) groups excluding carboxylic acids is 1. The molecule has 1 amide bonds. The molecule has 2 heterocycles. The van der Waals surface area contributed by atoms with Gasteiger partial charge >= 0.3 is 0 Å². The van der Waals surface area contributed by atoms with Gasteiger partial charge in [-0.15, -0.1) is 11.3 Å². The van der Waals surface area contributed by atoms with Crippen LogP contribution < -0.4 is 5.32 Å². The third-order valence-electron chi connectivity index (χ3n) is 4.50. The van der Waals surface area contributed by atoms with Crippen LogP contribution in [0.15, 0.2) is 59.5 Å². The van der Waals surface area contributed by atoms with E-state index in [0.717, 1.165) is 27.4 Å². The highest BCUT2D eigenvalue weighted by Crippen LogP contribution is 2.35. The number of nitrogens with one attached hydrogen (secondary N) is 1. The molecule has 1 N–H and O–H groups in total. The van der Waals surface area contributed by atoms with Crippen molar-refractivity contribution in [2.75, 3.05) is 0 Å². The number of nitrogens with zero attached hydrogens (tertiary/aromatic N) is 1. The predicted molar refractivity (Wildman–Crippen MR) is 107 cm³/mol. The minimum Gasteiger partial charge on any atom is -0.348 e. The number of rotatable bonds is 4. The third kappa shape index (κ3) is 3.80. The normalized spacial score (nSPS) is 13.4. The first-order chi connectivity index (χ1) is 13.1. The minimum absolute atomic E-state index is 0.197. The molecule has 3 nitrogen and oxygen atoms in total. The number of pyridine rings is 1. The van der Waals surface area contributed by atoms with Crippen LogP contribution in [0, 0.1) is 5.82 Å². The van der Waals surface area contributed by atoms with E-state index in [2.05, 4.69) is 5.32 Å². The summed E-state index contributed by atoms with van der Waals surface area (Å²) in [6.07, 6.45) is 1.21. The van der Waals surface area contributed by atoms with Crippen molar-refractivity contribution in [3.63, 3.8) is 0 Å². The van der Waals surface area contributed by atoms with Crippen molar-refractivity contribution < 1.29 is 9.18 Å². The van der Waals surface area contributed by atoms with Gasteiger partial charge in [0.25, 0.3) is 0 Å². The van der Waals surface area contributed by atoms with Crippen molar-refractivity contribution in [3.05, 3.63) is 82.1 Å². The monoisotopic (exact) mass is 398 g/mol. The Morgan fingerprint density at radius 3 is 2.70 bits per heavy atom. The molecule has 3 aromatic rings. The number of hydrogen-bond donors (Lipinski definition) is 1. The number of halogens is 2. The third-order valence-corrected chi connectivity index (χ3v) is 5.83. The number of aryl methyl sites for hydroxylation is 1. The van der Waals surface area contributed by atoms with Crippen molar-refractivity contribution in [1.82, 2.24) is 10.3 Å². The van der Waals surface area contributed by atoms with E-state index in [9.17, 15) is 9.18 Å². The van der Waals surface area contributed by atoms with Gasteiger partial charge in [0.2, 0.25) is 5.91 Å². The number of aromatic nitrogens is 1. The maximum absolute atomic E-state index is 13.0. The summed E-state index contributed by atoms with van der Waals surface area (Å²) in [5.41, 5.74) is 4.06. The molecule has 4 rings (SSSR count).